The molecule has 1 atom stereocenters. The number of hydrogen-bond donors (Lipinski definition) is 0. The van der Waals surface area contributed by atoms with Gasteiger partial charge in [-0.2, -0.15) is 0 Å². The standard InChI is InChI=1S/C13H15FO3/c1-8(15)5-10-6-12-13(17-4-3-16-12)7-11(10)9(2)14/h6-7,9H,3-5H2,1-2H3. The second kappa shape index (κ2) is 4.73. The number of alkyl halides is 1. The molecule has 0 spiro atoms. The summed E-state index contributed by atoms with van der Waals surface area (Å²) in [6.45, 7) is 3.90. The third-order valence-corrected chi connectivity index (χ3v) is 2.67. The third-order valence-electron chi connectivity index (χ3n) is 2.67. The molecule has 4 heteroatoms. The van der Waals surface area contributed by atoms with Crippen LogP contribution in [-0.2, 0) is 11.2 Å². The highest BCUT2D eigenvalue weighted by Gasteiger charge is 2.19. The molecule has 0 amide bonds. The smallest absolute Gasteiger partial charge is 0.161 e. The summed E-state index contributed by atoms with van der Waals surface area (Å²) in [5.41, 5.74) is 1.18. The molecular weight excluding hydrogens is 223 g/mol. The lowest BCUT2D eigenvalue weighted by molar-refractivity contribution is -0.116. The summed E-state index contributed by atoms with van der Waals surface area (Å²) in [5, 5.41) is 0. The van der Waals surface area contributed by atoms with Crippen LogP contribution in [0, 0.1) is 0 Å². The largest absolute Gasteiger partial charge is 0.486 e. The molecule has 1 aromatic rings. The Labute approximate surface area is 99.5 Å². The Balaban J connectivity index is 2.44. The number of ketones is 1. The molecule has 17 heavy (non-hydrogen) atoms. The van der Waals surface area contributed by atoms with Crippen LogP contribution in [0.2, 0.25) is 0 Å². The number of benzene rings is 1. The maximum absolute atomic E-state index is 13.5. The minimum Gasteiger partial charge on any atom is -0.486 e. The highest BCUT2D eigenvalue weighted by Crippen LogP contribution is 2.36. The molecule has 92 valence electrons. The number of rotatable bonds is 3. The molecule has 1 aromatic carbocycles. The summed E-state index contributed by atoms with van der Waals surface area (Å²) in [6, 6.07) is 3.35. The Hall–Kier alpha value is -1.58. The average Bonchev–Trinajstić information content (AvgIpc) is 2.27. The van der Waals surface area contributed by atoms with Gasteiger partial charge in [0.2, 0.25) is 0 Å². The van der Waals surface area contributed by atoms with E-state index in [0.29, 0.717) is 35.8 Å². The van der Waals surface area contributed by atoms with Gasteiger partial charge in [-0.05, 0) is 37.1 Å². The Morgan fingerprint density at radius 3 is 2.47 bits per heavy atom. The highest BCUT2D eigenvalue weighted by molar-refractivity contribution is 5.79. The van der Waals surface area contributed by atoms with E-state index in [-0.39, 0.29) is 12.2 Å². The number of carbonyl (C=O) groups excluding carboxylic acids is 1. The Morgan fingerprint density at radius 2 is 1.94 bits per heavy atom. The van der Waals surface area contributed by atoms with Gasteiger partial charge in [0.25, 0.3) is 0 Å². The van der Waals surface area contributed by atoms with E-state index >= 15 is 0 Å². The molecule has 1 unspecified atom stereocenters. The maximum Gasteiger partial charge on any atom is 0.161 e. The molecule has 2 rings (SSSR count). The zero-order chi connectivity index (χ0) is 12.4. The Bertz CT molecular complexity index is 441. The first-order valence-electron chi connectivity index (χ1n) is 5.64. The molecule has 0 aliphatic carbocycles. The van der Waals surface area contributed by atoms with Gasteiger partial charge in [0.15, 0.2) is 11.5 Å². The van der Waals surface area contributed by atoms with E-state index in [1.54, 1.807) is 12.1 Å². The summed E-state index contributed by atoms with van der Waals surface area (Å²) in [5.74, 6) is 1.16. The van der Waals surface area contributed by atoms with Crippen LogP contribution in [0.3, 0.4) is 0 Å². The second-order valence-corrected chi connectivity index (χ2v) is 4.19. The van der Waals surface area contributed by atoms with Crippen LogP contribution in [0.15, 0.2) is 12.1 Å². The molecule has 0 aromatic heterocycles. The molecule has 0 bridgehead atoms. The summed E-state index contributed by atoms with van der Waals surface area (Å²) < 4.78 is 24.3. The van der Waals surface area contributed by atoms with Gasteiger partial charge in [-0.1, -0.05) is 0 Å². The van der Waals surface area contributed by atoms with Crippen molar-refractivity contribution in [1.82, 2.24) is 0 Å². The topological polar surface area (TPSA) is 35.5 Å². The Morgan fingerprint density at radius 1 is 1.35 bits per heavy atom. The molecule has 0 saturated carbocycles. The van der Waals surface area contributed by atoms with Crippen molar-refractivity contribution < 1.29 is 18.7 Å². The fourth-order valence-electron chi connectivity index (χ4n) is 1.94. The van der Waals surface area contributed by atoms with Crippen LogP contribution >= 0.6 is 0 Å². The van der Waals surface area contributed by atoms with Gasteiger partial charge < -0.3 is 9.47 Å². The molecule has 0 saturated heterocycles. The first-order chi connectivity index (χ1) is 8.08. The van der Waals surface area contributed by atoms with E-state index in [4.69, 9.17) is 9.47 Å². The SMILES string of the molecule is CC(=O)Cc1cc2c(cc1C(C)F)OCCO2. The van der Waals surface area contributed by atoms with Gasteiger partial charge in [-0.25, -0.2) is 4.39 Å². The molecule has 0 radical (unpaired) electrons. The normalized spacial score (nSPS) is 15.5. The summed E-state index contributed by atoms with van der Waals surface area (Å²) in [7, 11) is 0. The fourth-order valence-corrected chi connectivity index (χ4v) is 1.94. The summed E-state index contributed by atoms with van der Waals surface area (Å²) >= 11 is 0. The lowest BCUT2D eigenvalue weighted by Crippen LogP contribution is -2.16. The van der Waals surface area contributed by atoms with Gasteiger partial charge in [-0.3, -0.25) is 4.79 Å². The minimum absolute atomic E-state index is 0.00331. The van der Waals surface area contributed by atoms with Crippen LogP contribution in [0.25, 0.3) is 0 Å². The molecule has 0 fully saturated rings. The minimum atomic E-state index is -1.12. The lowest BCUT2D eigenvalue weighted by atomic mass is 9.98. The number of fused-ring (bicyclic) bond motifs is 1. The van der Waals surface area contributed by atoms with Crippen LogP contribution in [-0.4, -0.2) is 19.0 Å². The molecule has 1 aliphatic rings. The van der Waals surface area contributed by atoms with Crippen molar-refractivity contribution in [3.63, 3.8) is 0 Å². The predicted molar refractivity (Wildman–Crippen MR) is 61.3 cm³/mol. The van der Waals surface area contributed by atoms with Crippen molar-refractivity contribution in [2.75, 3.05) is 13.2 Å². The molecule has 0 N–H and O–H groups in total. The Kier molecular flexibility index (Phi) is 3.31. The summed E-state index contributed by atoms with van der Waals surface area (Å²) in [6.07, 6.45) is -0.902. The van der Waals surface area contributed by atoms with Crippen LogP contribution < -0.4 is 9.47 Å². The van der Waals surface area contributed by atoms with Crippen molar-refractivity contribution in [2.45, 2.75) is 26.4 Å². The van der Waals surface area contributed by atoms with Crippen molar-refractivity contribution >= 4 is 5.78 Å². The first-order valence-corrected chi connectivity index (χ1v) is 5.64. The monoisotopic (exact) mass is 238 g/mol. The van der Waals surface area contributed by atoms with Crippen molar-refractivity contribution in [2.24, 2.45) is 0 Å². The zero-order valence-electron chi connectivity index (χ0n) is 9.96. The van der Waals surface area contributed by atoms with E-state index in [0.717, 1.165) is 0 Å². The highest BCUT2D eigenvalue weighted by atomic mass is 19.1. The summed E-state index contributed by atoms with van der Waals surface area (Å²) in [4.78, 5) is 11.2. The number of hydrogen-bond acceptors (Lipinski definition) is 3. The van der Waals surface area contributed by atoms with E-state index in [1.807, 2.05) is 0 Å². The van der Waals surface area contributed by atoms with Crippen molar-refractivity contribution in [3.8, 4) is 11.5 Å². The molecule has 3 nitrogen and oxygen atoms in total. The first kappa shape index (κ1) is 11.9. The van der Waals surface area contributed by atoms with Gasteiger partial charge in [0.1, 0.15) is 25.2 Å². The fraction of sp³-hybridized carbons (Fsp3) is 0.462. The number of ether oxygens (including phenoxy) is 2. The number of carbonyl (C=O) groups is 1. The molecule has 1 heterocycles. The van der Waals surface area contributed by atoms with E-state index in [1.165, 1.54) is 13.8 Å². The van der Waals surface area contributed by atoms with Gasteiger partial charge in [0, 0.05) is 6.42 Å². The van der Waals surface area contributed by atoms with Crippen molar-refractivity contribution in [1.29, 1.82) is 0 Å². The van der Waals surface area contributed by atoms with E-state index in [2.05, 4.69) is 0 Å². The van der Waals surface area contributed by atoms with Crippen LogP contribution in [0.5, 0.6) is 11.5 Å². The zero-order valence-corrected chi connectivity index (χ0v) is 9.96. The lowest BCUT2D eigenvalue weighted by Gasteiger charge is -2.21. The van der Waals surface area contributed by atoms with Crippen LogP contribution in [0.1, 0.15) is 31.1 Å². The van der Waals surface area contributed by atoms with Crippen molar-refractivity contribution in [3.05, 3.63) is 23.3 Å². The van der Waals surface area contributed by atoms with Crippen LogP contribution in [0.4, 0.5) is 4.39 Å². The van der Waals surface area contributed by atoms with E-state index in [9.17, 15) is 9.18 Å². The van der Waals surface area contributed by atoms with E-state index < -0.39 is 6.17 Å². The second-order valence-electron chi connectivity index (χ2n) is 4.19. The molecular formula is C13H15FO3. The van der Waals surface area contributed by atoms with Gasteiger partial charge in [-0.15, -0.1) is 0 Å². The quantitative estimate of drug-likeness (QED) is 0.812. The number of halogens is 1. The molecule has 1 aliphatic heterocycles. The average molecular weight is 238 g/mol. The maximum atomic E-state index is 13.5. The number of Topliss-reactive ketones (excluding diaryl/α,β-unsaturated/α-hetero) is 1. The van der Waals surface area contributed by atoms with Gasteiger partial charge >= 0.3 is 0 Å². The third kappa shape index (κ3) is 2.57. The van der Waals surface area contributed by atoms with Gasteiger partial charge in [0.05, 0.1) is 0 Å². The predicted octanol–water partition coefficient (Wildman–Crippen LogP) is 2.62.